The standard InChI is InChI=1S/C86H168O17P2/c1-9-79(8)65-57-49-41-32-25-21-17-12-10-11-13-18-22-26-33-42-50-58-66-83(88)96-72-81(102-85(90)68-60-52-44-34-27-23-19-15-14-16-20-24-30-38-46-54-62-76(2)3)74-100-104(92,93)98-70-80(87)71-99-105(94,95)101-75-82(73-97-84(89)67-59-51-43-37-36-40-48-56-64-78(6)7)103-86(91)69-61-53-45-35-29-28-31-39-47-55-63-77(4)5/h76-82,87H,9-75H2,1-8H3,(H,92,93)(H,94,95)/t79?,80?,81-,82-/m1/s1. The van der Waals surface area contributed by atoms with Crippen LogP contribution < -0.4 is 0 Å². The lowest BCUT2D eigenvalue weighted by atomic mass is 9.99. The summed E-state index contributed by atoms with van der Waals surface area (Å²) >= 11 is 0. The second kappa shape index (κ2) is 74.8. The van der Waals surface area contributed by atoms with Gasteiger partial charge in [-0.25, -0.2) is 9.13 Å². The molecule has 17 nitrogen and oxygen atoms in total. The molecule has 0 heterocycles. The molecule has 0 rings (SSSR count). The number of hydrogen-bond acceptors (Lipinski definition) is 15. The van der Waals surface area contributed by atoms with E-state index in [0.717, 1.165) is 114 Å². The summed E-state index contributed by atoms with van der Waals surface area (Å²) in [6.45, 7) is 14.3. The number of aliphatic hydroxyl groups is 1. The number of unbranched alkanes of at least 4 members (excludes halogenated alkanes) is 48. The van der Waals surface area contributed by atoms with Crippen LogP contribution in [0.4, 0.5) is 0 Å². The predicted molar refractivity (Wildman–Crippen MR) is 432 cm³/mol. The van der Waals surface area contributed by atoms with Gasteiger partial charge >= 0.3 is 39.5 Å². The van der Waals surface area contributed by atoms with Gasteiger partial charge in [-0.05, 0) is 49.4 Å². The summed E-state index contributed by atoms with van der Waals surface area (Å²) in [4.78, 5) is 73.2. The molecule has 0 saturated carbocycles. The molecule has 0 amide bonds. The number of aliphatic hydroxyl groups excluding tert-OH is 1. The van der Waals surface area contributed by atoms with Crippen LogP contribution in [0.1, 0.15) is 447 Å². The van der Waals surface area contributed by atoms with Gasteiger partial charge in [0.2, 0.25) is 0 Å². The van der Waals surface area contributed by atoms with Crippen LogP contribution in [-0.2, 0) is 65.4 Å². The summed E-state index contributed by atoms with van der Waals surface area (Å²) in [7, 11) is -9.93. The number of carbonyl (C=O) groups excluding carboxylic acids is 4. The fourth-order valence-corrected chi connectivity index (χ4v) is 14.9. The van der Waals surface area contributed by atoms with Gasteiger partial charge in [-0.1, -0.05) is 396 Å². The van der Waals surface area contributed by atoms with Crippen molar-refractivity contribution < 1.29 is 80.2 Å². The molecular formula is C86H168O17P2. The molecule has 0 spiro atoms. The van der Waals surface area contributed by atoms with Gasteiger partial charge in [0.1, 0.15) is 19.3 Å². The molecule has 0 aliphatic heterocycles. The lowest BCUT2D eigenvalue weighted by molar-refractivity contribution is -0.161. The third kappa shape index (κ3) is 78.5. The van der Waals surface area contributed by atoms with Crippen molar-refractivity contribution in [2.75, 3.05) is 39.6 Å². The molecule has 0 bridgehead atoms. The van der Waals surface area contributed by atoms with Gasteiger partial charge in [-0.3, -0.25) is 37.3 Å². The Morgan fingerprint density at radius 3 is 0.676 bits per heavy atom. The first kappa shape index (κ1) is 103. The topological polar surface area (TPSA) is 237 Å². The van der Waals surface area contributed by atoms with Crippen LogP contribution in [0.2, 0.25) is 0 Å². The van der Waals surface area contributed by atoms with Crippen LogP contribution in [0.25, 0.3) is 0 Å². The minimum absolute atomic E-state index is 0.105. The average Bonchev–Trinajstić information content (AvgIpc) is 0.908. The molecule has 0 aromatic rings. The Balaban J connectivity index is 5.22. The smallest absolute Gasteiger partial charge is 0.462 e. The second-order valence-electron chi connectivity index (χ2n) is 32.6. The first-order chi connectivity index (χ1) is 50.6. The highest BCUT2D eigenvalue weighted by Crippen LogP contribution is 2.45. The molecular weight excluding hydrogens is 1370 g/mol. The van der Waals surface area contributed by atoms with E-state index in [1.807, 2.05) is 0 Å². The lowest BCUT2D eigenvalue weighted by Gasteiger charge is -2.21. The highest BCUT2D eigenvalue weighted by atomic mass is 31.2. The monoisotopic (exact) mass is 1540 g/mol. The van der Waals surface area contributed by atoms with Crippen molar-refractivity contribution in [1.29, 1.82) is 0 Å². The Kier molecular flexibility index (Phi) is 73.4. The zero-order chi connectivity index (χ0) is 77.4. The Bertz CT molecular complexity index is 2040. The SMILES string of the molecule is CCC(C)CCCCCCCCCCCCCCCCCCCCC(=O)OC[C@H](COP(=O)(O)OCC(O)COP(=O)(O)OC[C@@H](COC(=O)CCCCCCCCCCC(C)C)OC(=O)CCCCCCCCCCCCC(C)C)OC(=O)CCCCCCCCCCCCCCCCCCC(C)C. The van der Waals surface area contributed by atoms with E-state index in [4.69, 9.17) is 37.0 Å². The van der Waals surface area contributed by atoms with Crippen molar-refractivity contribution >= 4 is 39.5 Å². The fourth-order valence-electron chi connectivity index (χ4n) is 13.3. The molecule has 19 heteroatoms. The fraction of sp³-hybridized carbons (Fsp3) is 0.953. The quantitative estimate of drug-likeness (QED) is 0.0222. The maximum absolute atomic E-state index is 13.1. The lowest BCUT2D eigenvalue weighted by Crippen LogP contribution is -2.30. The first-order valence-electron chi connectivity index (χ1n) is 44.2. The zero-order valence-corrected chi connectivity index (χ0v) is 71.2. The predicted octanol–water partition coefficient (Wildman–Crippen LogP) is 25.9. The first-order valence-corrected chi connectivity index (χ1v) is 47.2. The Morgan fingerprint density at radius 2 is 0.457 bits per heavy atom. The number of esters is 4. The van der Waals surface area contributed by atoms with E-state index in [1.54, 1.807) is 0 Å². The Labute approximate surface area is 645 Å². The highest BCUT2D eigenvalue weighted by Gasteiger charge is 2.31. The Hall–Kier alpha value is -1.94. The largest absolute Gasteiger partial charge is 0.472 e. The summed E-state index contributed by atoms with van der Waals surface area (Å²) < 4.78 is 68.9. The van der Waals surface area contributed by atoms with Crippen LogP contribution in [0.15, 0.2) is 0 Å². The van der Waals surface area contributed by atoms with E-state index < -0.39 is 97.5 Å². The van der Waals surface area contributed by atoms with Crippen molar-refractivity contribution in [2.45, 2.75) is 465 Å². The van der Waals surface area contributed by atoms with Crippen molar-refractivity contribution in [3.8, 4) is 0 Å². The van der Waals surface area contributed by atoms with Gasteiger partial charge in [-0.15, -0.1) is 0 Å². The van der Waals surface area contributed by atoms with Gasteiger partial charge in [0.15, 0.2) is 12.2 Å². The second-order valence-corrected chi connectivity index (χ2v) is 35.5. The number of hydrogen-bond donors (Lipinski definition) is 3. The summed E-state index contributed by atoms with van der Waals surface area (Å²) in [5.74, 6) is 1.05. The van der Waals surface area contributed by atoms with Gasteiger partial charge in [-0.2, -0.15) is 0 Å². The number of ether oxygens (including phenoxy) is 4. The summed E-state index contributed by atoms with van der Waals surface area (Å²) in [6.07, 6.45) is 63.9. The van der Waals surface area contributed by atoms with E-state index in [0.29, 0.717) is 25.7 Å². The van der Waals surface area contributed by atoms with Crippen molar-refractivity contribution in [2.24, 2.45) is 23.7 Å². The van der Waals surface area contributed by atoms with Crippen molar-refractivity contribution in [3.05, 3.63) is 0 Å². The minimum atomic E-state index is -4.97. The molecule has 624 valence electrons. The molecule has 0 aromatic carbocycles. The van der Waals surface area contributed by atoms with Crippen LogP contribution in [0.3, 0.4) is 0 Å². The van der Waals surface area contributed by atoms with E-state index in [9.17, 15) is 43.2 Å². The number of rotatable bonds is 83. The van der Waals surface area contributed by atoms with Gasteiger partial charge in [0, 0.05) is 25.7 Å². The molecule has 105 heavy (non-hydrogen) atoms. The van der Waals surface area contributed by atoms with Gasteiger partial charge in [0.25, 0.3) is 0 Å². The molecule has 0 aliphatic carbocycles. The molecule has 3 N–H and O–H groups in total. The molecule has 4 unspecified atom stereocenters. The van der Waals surface area contributed by atoms with Crippen LogP contribution in [0, 0.1) is 23.7 Å². The van der Waals surface area contributed by atoms with Gasteiger partial charge in [0.05, 0.1) is 26.4 Å². The summed E-state index contributed by atoms with van der Waals surface area (Å²) in [5.41, 5.74) is 0. The number of phosphoric ester groups is 2. The summed E-state index contributed by atoms with van der Waals surface area (Å²) in [5, 5.41) is 10.7. The van der Waals surface area contributed by atoms with Gasteiger partial charge < -0.3 is 33.8 Å². The van der Waals surface area contributed by atoms with Crippen molar-refractivity contribution in [3.63, 3.8) is 0 Å². The van der Waals surface area contributed by atoms with Crippen molar-refractivity contribution in [1.82, 2.24) is 0 Å². The third-order valence-electron chi connectivity index (χ3n) is 20.4. The number of carbonyl (C=O) groups is 4. The third-order valence-corrected chi connectivity index (χ3v) is 22.3. The number of phosphoric acid groups is 2. The van der Waals surface area contributed by atoms with Crippen LogP contribution in [0.5, 0.6) is 0 Å². The molecule has 6 atom stereocenters. The maximum Gasteiger partial charge on any atom is 0.472 e. The molecule has 0 radical (unpaired) electrons. The van der Waals surface area contributed by atoms with Crippen LogP contribution in [-0.4, -0.2) is 96.7 Å². The van der Waals surface area contributed by atoms with E-state index in [1.165, 1.54) is 250 Å². The molecule has 0 aliphatic rings. The van der Waals surface area contributed by atoms with Crippen LogP contribution >= 0.6 is 15.6 Å². The Morgan fingerprint density at radius 1 is 0.267 bits per heavy atom. The minimum Gasteiger partial charge on any atom is -0.462 e. The average molecular weight is 1540 g/mol. The maximum atomic E-state index is 13.1. The summed E-state index contributed by atoms with van der Waals surface area (Å²) in [6, 6.07) is 0. The normalized spacial score (nSPS) is 14.2. The molecule has 0 saturated heterocycles. The van der Waals surface area contributed by atoms with E-state index >= 15 is 0 Å². The highest BCUT2D eigenvalue weighted by molar-refractivity contribution is 7.47. The molecule has 0 fully saturated rings. The zero-order valence-electron chi connectivity index (χ0n) is 69.4. The van der Waals surface area contributed by atoms with E-state index in [-0.39, 0.29) is 25.7 Å². The van der Waals surface area contributed by atoms with E-state index in [2.05, 4.69) is 55.4 Å². The molecule has 0 aromatic heterocycles.